The van der Waals surface area contributed by atoms with Crippen molar-refractivity contribution in [2.45, 2.75) is 6.54 Å². The molecule has 0 aliphatic carbocycles. The van der Waals surface area contributed by atoms with Gasteiger partial charge in [-0.15, -0.1) is 0 Å². The smallest absolute Gasteiger partial charge is 0.313 e. The van der Waals surface area contributed by atoms with Gasteiger partial charge in [-0.3, -0.25) is 10.1 Å². The Hall–Kier alpha value is -2.15. The Morgan fingerprint density at radius 2 is 1.95 bits per heavy atom. The Kier molecular flexibility index (Phi) is 5.71. The summed E-state index contributed by atoms with van der Waals surface area (Å²) in [6.45, 7) is 1.23. The minimum Gasteiger partial charge on any atom is -0.450 e. The highest BCUT2D eigenvalue weighted by molar-refractivity contribution is 6.30. The molecule has 2 rings (SSSR count). The van der Waals surface area contributed by atoms with Gasteiger partial charge in [0.2, 0.25) is 5.75 Å². The third-order valence-electron chi connectivity index (χ3n) is 2.89. The second-order valence-electron chi connectivity index (χ2n) is 4.52. The van der Waals surface area contributed by atoms with Crippen molar-refractivity contribution in [3.63, 3.8) is 0 Å². The monoisotopic (exact) mass is 322 g/mol. The Morgan fingerprint density at radius 3 is 2.59 bits per heavy atom. The number of nitro groups is 1. The Bertz CT molecular complexity index is 646. The Balaban J connectivity index is 2.09. The van der Waals surface area contributed by atoms with E-state index in [1.807, 2.05) is 12.1 Å². The molecule has 116 valence electrons. The van der Waals surface area contributed by atoms with E-state index in [1.165, 1.54) is 18.2 Å². The minimum absolute atomic E-state index is 0.0848. The summed E-state index contributed by atoms with van der Waals surface area (Å²) in [7, 11) is 0. The summed E-state index contributed by atoms with van der Waals surface area (Å²) in [6.07, 6.45) is 0. The summed E-state index contributed by atoms with van der Waals surface area (Å²) < 4.78 is 5.55. The van der Waals surface area contributed by atoms with Gasteiger partial charge in [0.15, 0.2) is 0 Å². The first-order valence-electron chi connectivity index (χ1n) is 6.62. The van der Waals surface area contributed by atoms with Gasteiger partial charge in [-0.05, 0) is 29.8 Å². The molecule has 2 aromatic carbocycles. The summed E-state index contributed by atoms with van der Waals surface area (Å²) in [6, 6.07) is 11.4. The zero-order chi connectivity index (χ0) is 15.9. The number of rotatable bonds is 7. The van der Waals surface area contributed by atoms with Gasteiger partial charge in [0, 0.05) is 24.2 Å². The number of nitro benzene ring substituents is 1. The van der Waals surface area contributed by atoms with E-state index in [0.717, 1.165) is 5.56 Å². The van der Waals surface area contributed by atoms with Crippen molar-refractivity contribution in [2.24, 2.45) is 0 Å². The van der Waals surface area contributed by atoms with Crippen LogP contribution in [0.15, 0.2) is 42.5 Å². The molecule has 0 radical (unpaired) electrons. The normalized spacial score (nSPS) is 10.5. The molecule has 7 heteroatoms. The first kappa shape index (κ1) is 16.2. The molecule has 6 nitrogen and oxygen atoms in total. The number of hydrogen-bond donors (Lipinski definition) is 2. The Morgan fingerprint density at radius 1 is 1.23 bits per heavy atom. The SMILES string of the molecule is O=[N+]([O-])c1cc(Cl)ccc1Oc1ccc(CNCCO)cc1. The fraction of sp³-hybridized carbons (Fsp3) is 0.200. The maximum atomic E-state index is 11.0. The lowest BCUT2D eigenvalue weighted by atomic mass is 10.2. The highest BCUT2D eigenvalue weighted by Crippen LogP contribution is 2.33. The molecule has 0 fully saturated rings. The summed E-state index contributed by atoms with van der Waals surface area (Å²) in [4.78, 5) is 10.5. The van der Waals surface area contributed by atoms with E-state index < -0.39 is 4.92 Å². The molecular weight excluding hydrogens is 308 g/mol. The van der Waals surface area contributed by atoms with Crippen LogP contribution in [0, 0.1) is 10.1 Å². The van der Waals surface area contributed by atoms with Crippen LogP contribution in [0.5, 0.6) is 11.5 Å². The van der Waals surface area contributed by atoms with Gasteiger partial charge in [0.25, 0.3) is 0 Å². The largest absolute Gasteiger partial charge is 0.450 e. The van der Waals surface area contributed by atoms with E-state index in [1.54, 1.807) is 12.1 Å². The lowest BCUT2D eigenvalue weighted by molar-refractivity contribution is -0.385. The second-order valence-corrected chi connectivity index (χ2v) is 4.95. The lowest BCUT2D eigenvalue weighted by Crippen LogP contribution is -2.17. The number of aliphatic hydroxyl groups is 1. The summed E-state index contributed by atoms with van der Waals surface area (Å²) >= 11 is 5.76. The van der Waals surface area contributed by atoms with Crippen molar-refractivity contribution < 1.29 is 14.8 Å². The summed E-state index contributed by atoms with van der Waals surface area (Å²) in [5, 5.41) is 23.0. The molecule has 0 aliphatic heterocycles. The summed E-state index contributed by atoms with van der Waals surface area (Å²) in [5.74, 6) is 0.636. The molecule has 2 aromatic rings. The molecule has 2 N–H and O–H groups in total. The zero-order valence-electron chi connectivity index (χ0n) is 11.7. The maximum absolute atomic E-state index is 11.0. The lowest BCUT2D eigenvalue weighted by Gasteiger charge is -2.08. The van der Waals surface area contributed by atoms with Crippen LogP contribution in [0.1, 0.15) is 5.56 Å². The van der Waals surface area contributed by atoms with Crippen LogP contribution in [-0.4, -0.2) is 23.2 Å². The molecule has 0 amide bonds. The predicted molar refractivity (Wildman–Crippen MR) is 83.4 cm³/mol. The average molecular weight is 323 g/mol. The standard InChI is InChI=1S/C15H15ClN2O4/c16-12-3-6-15(14(9-12)18(20)21)22-13-4-1-11(2-5-13)10-17-7-8-19/h1-6,9,17,19H,7-8,10H2. The van der Waals surface area contributed by atoms with Gasteiger partial charge >= 0.3 is 5.69 Å². The van der Waals surface area contributed by atoms with Crippen molar-refractivity contribution in [3.8, 4) is 11.5 Å². The molecule has 0 unspecified atom stereocenters. The topological polar surface area (TPSA) is 84.6 Å². The number of benzene rings is 2. The van der Waals surface area contributed by atoms with Crippen molar-refractivity contribution in [1.29, 1.82) is 0 Å². The number of nitrogens with zero attached hydrogens (tertiary/aromatic N) is 1. The third-order valence-corrected chi connectivity index (χ3v) is 3.12. The van der Waals surface area contributed by atoms with Gasteiger partial charge in [0.05, 0.1) is 11.5 Å². The van der Waals surface area contributed by atoms with E-state index in [0.29, 0.717) is 18.8 Å². The number of halogens is 1. The molecule has 0 aromatic heterocycles. The van der Waals surface area contributed by atoms with E-state index in [4.69, 9.17) is 21.4 Å². The van der Waals surface area contributed by atoms with Crippen molar-refractivity contribution in [3.05, 3.63) is 63.2 Å². The fourth-order valence-corrected chi connectivity index (χ4v) is 2.00. The zero-order valence-corrected chi connectivity index (χ0v) is 12.4. The number of nitrogens with one attached hydrogen (secondary N) is 1. The second kappa shape index (κ2) is 7.74. The van der Waals surface area contributed by atoms with Crippen LogP contribution in [0.2, 0.25) is 5.02 Å². The van der Waals surface area contributed by atoms with Crippen LogP contribution in [0.3, 0.4) is 0 Å². The van der Waals surface area contributed by atoms with Gasteiger partial charge in [-0.25, -0.2) is 0 Å². The van der Waals surface area contributed by atoms with Crippen LogP contribution < -0.4 is 10.1 Å². The van der Waals surface area contributed by atoms with Gasteiger partial charge in [-0.2, -0.15) is 0 Å². The number of aliphatic hydroxyl groups excluding tert-OH is 1. The van der Waals surface area contributed by atoms with Gasteiger partial charge in [0.1, 0.15) is 5.75 Å². The molecule has 22 heavy (non-hydrogen) atoms. The van der Waals surface area contributed by atoms with Crippen LogP contribution in [0.25, 0.3) is 0 Å². The average Bonchev–Trinajstić information content (AvgIpc) is 2.51. The highest BCUT2D eigenvalue weighted by Gasteiger charge is 2.16. The van der Waals surface area contributed by atoms with E-state index in [9.17, 15) is 10.1 Å². The van der Waals surface area contributed by atoms with Crippen LogP contribution >= 0.6 is 11.6 Å². The molecule has 0 aliphatic rings. The number of hydrogen-bond acceptors (Lipinski definition) is 5. The maximum Gasteiger partial charge on any atom is 0.313 e. The molecule has 0 saturated heterocycles. The highest BCUT2D eigenvalue weighted by atomic mass is 35.5. The molecule has 0 saturated carbocycles. The summed E-state index contributed by atoms with van der Waals surface area (Å²) in [5.41, 5.74) is 0.840. The molecule has 0 atom stereocenters. The minimum atomic E-state index is -0.533. The van der Waals surface area contributed by atoms with Crippen molar-refractivity contribution in [1.82, 2.24) is 5.32 Å². The third kappa shape index (κ3) is 4.42. The number of ether oxygens (including phenoxy) is 1. The van der Waals surface area contributed by atoms with E-state index in [-0.39, 0.29) is 23.1 Å². The fourth-order valence-electron chi connectivity index (χ4n) is 1.83. The van der Waals surface area contributed by atoms with E-state index >= 15 is 0 Å². The van der Waals surface area contributed by atoms with Crippen LogP contribution in [0.4, 0.5) is 5.69 Å². The van der Waals surface area contributed by atoms with Gasteiger partial charge < -0.3 is 15.2 Å². The molecule has 0 heterocycles. The molecule has 0 bridgehead atoms. The van der Waals surface area contributed by atoms with Crippen molar-refractivity contribution in [2.75, 3.05) is 13.2 Å². The molecular formula is C15H15ClN2O4. The van der Waals surface area contributed by atoms with Gasteiger partial charge in [-0.1, -0.05) is 23.7 Å². The molecule has 0 spiro atoms. The Labute approximate surface area is 132 Å². The first-order chi connectivity index (χ1) is 10.6. The van der Waals surface area contributed by atoms with E-state index in [2.05, 4.69) is 5.32 Å². The van der Waals surface area contributed by atoms with Crippen LogP contribution in [-0.2, 0) is 6.54 Å². The predicted octanol–water partition coefficient (Wildman–Crippen LogP) is 3.12. The quantitative estimate of drug-likeness (QED) is 0.465. The first-order valence-corrected chi connectivity index (χ1v) is 7.00. The van der Waals surface area contributed by atoms with Crippen molar-refractivity contribution >= 4 is 17.3 Å².